The lowest BCUT2D eigenvalue weighted by atomic mass is 10.1. The molecule has 6 nitrogen and oxygen atoms in total. The van der Waals surface area contributed by atoms with Crippen LogP contribution in [-0.2, 0) is 33.2 Å². The average Bonchev–Trinajstić information content (AvgIpc) is 2.66. The Morgan fingerprint density at radius 1 is 1.03 bits per heavy atom. The highest BCUT2D eigenvalue weighted by Crippen LogP contribution is 2.26. The van der Waals surface area contributed by atoms with E-state index in [0.29, 0.717) is 11.3 Å². The molecule has 0 aliphatic carbocycles. The fourth-order valence-corrected chi connectivity index (χ4v) is 2.66. The topological polar surface area (TPSA) is 84.9 Å². The zero-order valence-electron chi connectivity index (χ0n) is 17.0. The molecule has 30 heavy (non-hydrogen) atoms. The Morgan fingerprint density at radius 3 is 2.10 bits per heavy atom. The Hall–Kier alpha value is -3.00. The first-order chi connectivity index (χ1) is 14.0. The first-order valence-corrected chi connectivity index (χ1v) is 9.43. The molecule has 0 spiro atoms. The van der Waals surface area contributed by atoms with Gasteiger partial charge in [-0.05, 0) is 37.1 Å². The molecule has 0 saturated heterocycles. The predicted octanol–water partition coefficient (Wildman–Crippen LogP) is 4.97. The number of ether oxygens (including phenoxy) is 2. The summed E-state index contributed by atoms with van der Waals surface area (Å²) >= 11 is 0. The number of rotatable bonds is 9. The number of anilines is 1. The Labute approximate surface area is 173 Å². The SMILES string of the molecule is CC(C)OC(Cc1ccc(NC(=O)OCc2ccc(C(C)(F)F)cc2)cc1)C(=O)O. The smallest absolute Gasteiger partial charge is 0.411 e. The van der Waals surface area contributed by atoms with Gasteiger partial charge in [0.1, 0.15) is 6.61 Å². The van der Waals surface area contributed by atoms with E-state index in [2.05, 4.69) is 5.32 Å². The van der Waals surface area contributed by atoms with Gasteiger partial charge in [-0.3, -0.25) is 5.32 Å². The van der Waals surface area contributed by atoms with Gasteiger partial charge in [0.15, 0.2) is 6.10 Å². The fraction of sp³-hybridized carbons (Fsp3) is 0.364. The van der Waals surface area contributed by atoms with Gasteiger partial charge < -0.3 is 14.6 Å². The molecular weight excluding hydrogens is 396 g/mol. The summed E-state index contributed by atoms with van der Waals surface area (Å²) < 4.78 is 36.9. The van der Waals surface area contributed by atoms with E-state index in [4.69, 9.17) is 9.47 Å². The molecule has 2 rings (SSSR count). The van der Waals surface area contributed by atoms with Crippen LogP contribution in [0.25, 0.3) is 0 Å². The highest BCUT2D eigenvalue weighted by Gasteiger charge is 2.23. The van der Waals surface area contributed by atoms with Crippen LogP contribution in [0.2, 0.25) is 0 Å². The van der Waals surface area contributed by atoms with Crippen LogP contribution in [0.4, 0.5) is 19.3 Å². The Balaban J connectivity index is 1.86. The standard InChI is InChI=1S/C22H25F2NO5/c1-14(2)30-19(20(26)27)12-15-6-10-18(11-7-15)25-21(28)29-13-16-4-8-17(9-5-16)22(3,23)24/h4-11,14,19H,12-13H2,1-3H3,(H,25,28)(H,26,27). The maximum Gasteiger partial charge on any atom is 0.411 e. The summed E-state index contributed by atoms with van der Waals surface area (Å²) in [7, 11) is 0. The van der Waals surface area contributed by atoms with Gasteiger partial charge in [0.2, 0.25) is 0 Å². The number of carboxylic acids is 1. The highest BCUT2D eigenvalue weighted by molar-refractivity contribution is 5.84. The largest absolute Gasteiger partial charge is 0.479 e. The van der Waals surface area contributed by atoms with Gasteiger partial charge in [0, 0.05) is 24.6 Å². The Bertz CT molecular complexity index is 845. The van der Waals surface area contributed by atoms with E-state index in [0.717, 1.165) is 12.5 Å². The third kappa shape index (κ3) is 7.44. The number of carbonyl (C=O) groups is 2. The zero-order valence-corrected chi connectivity index (χ0v) is 17.0. The highest BCUT2D eigenvalue weighted by atomic mass is 19.3. The van der Waals surface area contributed by atoms with E-state index in [-0.39, 0.29) is 24.7 Å². The molecule has 1 atom stereocenters. The summed E-state index contributed by atoms with van der Waals surface area (Å²) in [6, 6.07) is 12.2. The monoisotopic (exact) mass is 421 g/mol. The summed E-state index contributed by atoms with van der Waals surface area (Å²) in [4.78, 5) is 23.2. The van der Waals surface area contributed by atoms with Crippen LogP contribution in [0.5, 0.6) is 0 Å². The zero-order chi connectivity index (χ0) is 22.3. The molecule has 0 aromatic heterocycles. The number of carbonyl (C=O) groups excluding carboxylic acids is 1. The average molecular weight is 421 g/mol. The van der Waals surface area contributed by atoms with Crippen molar-refractivity contribution >= 4 is 17.7 Å². The van der Waals surface area contributed by atoms with Gasteiger partial charge >= 0.3 is 12.1 Å². The molecular formula is C22H25F2NO5. The number of hydrogen-bond acceptors (Lipinski definition) is 4. The van der Waals surface area contributed by atoms with E-state index in [9.17, 15) is 23.5 Å². The summed E-state index contributed by atoms with van der Waals surface area (Å²) in [5, 5.41) is 11.8. The van der Waals surface area contributed by atoms with Crippen LogP contribution in [-0.4, -0.2) is 29.4 Å². The minimum absolute atomic E-state index is 0.0632. The van der Waals surface area contributed by atoms with Gasteiger partial charge in [-0.1, -0.05) is 36.4 Å². The molecule has 1 unspecified atom stereocenters. The van der Waals surface area contributed by atoms with Crippen LogP contribution in [0.15, 0.2) is 48.5 Å². The summed E-state index contributed by atoms with van der Waals surface area (Å²) in [5.74, 6) is -3.96. The van der Waals surface area contributed by atoms with Crippen molar-refractivity contribution in [2.24, 2.45) is 0 Å². The van der Waals surface area contributed by atoms with E-state index in [1.54, 1.807) is 38.1 Å². The van der Waals surface area contributed by atoms with Crippen LogP contribution >= 0.6 is 0 Å². The number of carboxylic acid groups (broad SMARTS) is 1. The van der Waals surface area contributed by atoms with Crippen molar-refractivity contribution in [1.82, 2.24) is 0 Å². The molecule has 0 bridgehead atoms. The van der Waals surface area contributed by atoms with Crippen molar-refractivity contribution in [1.29, 1.82) is 0 Å². The van der Waals surface area contributed by atoms with Crippen LogP contribution in [0.1, 0.15) is 37.5 Å². The van der Waals surface area contributed by atoms with Crippen molar-refractivity contribution in [2.75, 3.05) is 5.32 Å². The number of hydrogen-bond donors (Lipinski definition) is 2. The Morgan fingerprint density at radius 2 is 1.60 bits per heavy atom. The molecule has 0 aliphatic rings. The van der Waals surface area contributed by atoms with Gasteiger partial charge in [-0.25, -0.2) is 18.4 Å². The van der Waals surface area contributed by atoms with Crippen molar-refractivity contribution in [2.45, 2.75) is 51.9 Å². The van der Waals surface area contributed by atoms with Crippen molar-refractivity contribution in [3.05, 3.63) is 65.2 Å². The van der Waals surface area contributed by atoms with Crippen LogP contribution in [0, 0.1) is 0 Å². The van der Waals surface area contributed by atoms with Gasteiger partial charge in [0.25, 0.3) is 5.92 Å². The molecule has 0 fully saturated rings. The number of nitrogens with one attached hydrogen (secondary N) is 1. The third-order valence-electron chi connectivity index (χ3n) is 4.16. The predicted molar refractivity (Wildman–Crippen MR) is 108 cm³/mol. The molecule has 162 valence electrons. The van der Waals surface area contributed by atoms with Crippen LogP contribution < -0.4 is 5.32 Å². The lowest BCUT2D eigenvalue weighted by molar-refractivity contribution is -0.153. The second-order valence-corrected chi connectivity index (χ2v) is 7.20. The normalized spacial score (nSPS) is 12.5. The first kappa shape index (κ1) is 23.3. The number of benzene rings is 2. The molecule has 2 aromatic rings. The first-order valence-electron chi connectivity index (χ1n) is 9.43. The number of amides is 1. The minimum Gasteiger partial charge on any atom is -0.479 e. The number of halogens is 2. The summed E-state index contributed by atoms with van der Waals surface area (Å²) in [5.41, 5.74) is 1.69. The van der Waals surface area contributed by atoms with Crippen molar-refractivity contribution < 1.29 is 33.0 Å². The number of alkyl halides is 2. The Kier molecular flexibility index (Phi) is 7.88. The fourth-order valence-electron chi connectivity index (χ4n) is 2.66. The molecule has 2 N–H and O–H groups in total. The summed E-state index contributed by atoms with van der Waals surface area (Å²) in [6.45, 7) is 4.28. The van der Waals surface area contributed by atoms with Crippen molar-refractivity contribution in [3.63, 3.8) is 0 Å². The van der Waals surface area contributed by atoms with E-state index in [1.807, 2.05) is 0 Å². The van der Waals surface area contributed by atoms with E-state index in [1.165, 1.54) is 24.3 Å². The van der Waals surface area contributed by atoms with Gasteiger partial charge in [-0.15, -0.1) is 0 Å². The molecule has 0 radical (unpaired) electrons. The molecule has 1 amide bonds. The second kappa shape index (κ2) is 10.2. The lowest BCUT2D eigenvalue weighted by Crippen LogP contribution is -2.29. The maximum atomic E-state index is 13.2. The van der Waals surface area contributed by atoms with Gasteiger partial charge in [0.05, 0.1) is 6.10 Å². The molecule has 8 heteroatoms. The van der Waals surface area contributed by atoms with Crippen LogP contribution in [0.3, 0.4) is 0 Å². The van der Waals surface area contributed by atoms with Gasteiger partial charge in [-0.2, -0.15) is 0 Å². The molecule has 0 aliphatic heterocycles. The third-order valence-corrected chi connectivity index (χ3v) is 4.16. The number of aliphatic carboxylic acids is 1. The molecule has 0 saturated carbocycles. The second-order valence-electron chi connectivity index (χ2n) is 7.20. The molecule has 0 heterocycles. The summed E-state index contributed by atoms with van der Waals surface area (Å²) in [6.07, 6.45) is -1.66. The van der Waals surface area contributed by atoms with E-state index >= 15 is 0 Å². The maximum absolute atomic E-state index is 13.2. The van der Waals surface area contributed by atoms with Crippen molar-refractivity contribution in [3.8, 4) is 0 Å². The minimum atomic E-state index is -2.92. The lowest BCUT2D eigenvalue weighted by Gasteiger charge is -2.16. The molecule has 2 aromatic carbocycles. The quantitative estimate of drug-likeness (QED) is 0.597. The van der Waals surface area contributed by atoms with E-state index < -0.39 is 24.1 Å².